The highest BCUT2D eigenvalue weighted by Gasteiger charge is 2.33. The van der Waals surface area contributed by atoms with Crippen molar-refractivity contribution in [3.05, 3.63) is 143 Å². The molecular weight excluding hydrogens is 338 g/mol. The Balaban J connectivity index is 1.77. The average molecular weight is 359 g/mol. The molecule has 2 atom stereocenters. The summed E-state index contributed by atoms with van der Waals surface area (Å²) in [7, 11) is 0. The summed E-state index contributed by atoms with van der Waals surface area (Å²) in [5, 5.41) is 0. The molecule has 0 radical (unpaired) electrons. The normalized spacial score (nSPS) is 18.2. The van der Waals surface area contributed by atoms with Crippen LogP contribution < -0.4 is 0 Å². The molecule has 5 rings (SSSR count). The van der Waals surface area contributed by atoms with Crippen molar-refractivity contribution >= 4 is 5.71 Å². The van der Waals surface area contributed by atoms with Gasteiger partial charge >= 0.3 is 0 Å². The minimum absolute atomic E-state index is 0.0497. The van der Waals surface area contributed by atoms with Gasteiger partial charge < -0.3 is 0 Å². The second-order valence-electron chi connectivity index (χ2n) is 7.17. The summed E-state index contributed by atoms with van der Waals surface area (Å²) in [5.41, 5.74) is 7.38. The van der Waals surface area contributed by atoms with Crippen molar-refractivity contribution in [2.24, 2.45) is 4.99 Å². The van der Waals surface area contributed by atoms with Crippen LogP contribution in [0, 0.1) is 0 Å². The summed E-state index contributed by atoms with van der Waals surface area (Å²) in [4.78, 5) is 5.34. The zero-order valence-corrected chi connectivity index (χ0v) is 15.6. The maximum Gasteiger partial charge on any atom is 0.0865 e. The van der Waals surface area contributed by atoms with Crippen LogP contribution in [0.25, 0.3) is 0 Å². The molecule has 0 aliphatic carbocycles. The van der Waals surface area contributed by atoms with Gasteiger partial charge in [0.2, 0.25) is 0 Å². The summed E-state index contributed by atoms with van der Waals surface area (Å²) in [5.74, 6) is 0.201. The largest absolute Gasteiger partial charge is 0.275 e. The number of rotatable bonds is 3. The zero-order chi connectivity index (χ0) is 18.8. The van der Waals surface area contributed by atoms with E-state index >= 15 is 0 Å². The van der Waals surface area contributed by atoms with Crippen molar-refractivity contribution in [1.29, 1.82) is 0 Å². The summed E-state index contributed by atoms with van der Waals surface area (Å²) >= 11 is 0. The molecule has 1 aliphatic rings. The SMILES string of the molecule is c1ccc(C2=NC(c3ccccc3)C(c3ccccc3)c3ccccc32)cc1. The van der Waals surface area contributed by atoms with Crippen LogP contribution in [-0.2, 0) is 0 Å². The Kier molecular flexibility index (Phi) is 4.34. The smallest absolute Gasteiger partial charge is 0.0865 e. The molecular formula is C27H21N. The van der Waals surface area contributed by atoms with Crippen molar-refractivity contribution in [3.8, 4) is 0 Å². The van der Waals surface area contributed by atoms with Crippen LogP contribution in [-0.4, -0.2) is 5.71 Å². The molecule has 0 saturated carbocycles. The fourth-order valence-corrected chi connectivity index (χ4v) is 4.20. The van der Waals surface area contributed by atoms with Gasteiger partial charge in [-0.3, -0.25) is 4.99 Å². The van der Waals surface area contributed by atoms with Gasteiger partial charge in [-0.2, -0.15) is 0 Å². The van der Waals surface area contributed by atoms with Crippen molar-refractivity contribution in [2.75, 3.05) is 0 Å². The third-order valence-electron chi connectivity index (χ3n) is 5.48. The van der Waals surface area contributed by atoms with Crippen LogP contribution in [0.15, 0.2) is 120 Å². The van der Waals surface area contributed by atoms with Gasteiger partial charge in [0.15, 0.2) is 0 Å². The molecule has 0 bridgehead atoms. The zero-order valence-electron chi connectivity index (χ0n) is 15.6. The Hall–Kier alpha value is -3.45. The highest BCUT2D eigenvalue weighted by Crippen LogP contribution is 2.44. The Morgan fingerprint density at radius 2 is 1.04 bits per heavy atom. The number of benzene rings is 4. The molecule has 0 saturated heterocycles. The second-order valence-corrected chi connectivity index (χ2v) is 7.17. The third kappa shape index (κ3) is 2.95. The van der Waals surface area contributed by atoms with Crippen molar-refractivity contribution in [3.63, 3.8) is 0 Å². The molecule has 4 aromatic rings. The molecule has 0 amide bonds. The fourth-order valence-electron chi connectivity index (χ4n) is 4.20. The minimum atomic E-state index is 0.0497. The van der Waals surface area contributed by atoms with Gasteiger partial charge in [0, 0.05) is 17.0 Å². The molecule has 0 fully saturated rings. The molecule has 28 heavy (non-hydrogen) atoms. The summed E-state index contributed by atoms with van der Waals surface area (Å²) in [6.45, 7) is 0. The predicted octanol–water partition coefficient (Wildman–Crippen LogP) is 6.41. The Morgan fingerprint density at radius 1 is 0.500 bits per heavy atom. The van der Waals surface area contributed by atoms with Crippen LogP contribution >= 0.6 is 0 Å². The molecule has 134 valence electrons. The molecule has 1 heteroatoms. The fraction of sp³-hybridized carbons (Fsp3) is 0.0741. The van der Waals surface area contributed by atoms with Crippen molar-refractivity contribution < 1.29 is 0 Å². The highest BCUT2D eigenvalue weighted by atomic mass is 14.8. The lowest BCUT2D eigenvalue weighted by Gasteiger charge is -2.33. The maximum atomic E-state index is 5.34. The van der Waals surface area contributed by atoms with Gasteiger partial charge in [-0.25, -0.2) is 0 Å². The lowest BCUT2D eigenvalue weighted by molar-refractivity contribution is 0.621. The van der Waals surface area contributed by atoms with E-state index in [0.717, 1.165) is 5.71 Å². The van der Waals surface area contributed by atoms with Gasteiger partial charge in [0.05, 0.1) is 11.8 Å². The number of aliphatic imine (C=N–C) groups is 1. The first kappa shape index (κ1) is 16.7. The van der Waals surface area contributed by atoms with Crippen LogP contribution in [0.1, 0.15) is 39.8 Å². The quantitative estimate of drug-likeness (QED) is 0.401. The molecule has 0 spiro atoms. The summed E-state index contributed by atoms with van der Waals surface area (Å²) in [6, 6.07) is 40.7. The monoisotopic (exact) mass is 359 g/mol. The van der Waals surface area contributed by atoms with E-state index in [1.807, 2.05) is 0 Å². The van der Waals surface area contributed by atoms with E-state index in [9.17, 15) is 0 Å². The molecule has 1 aliphatic heterocycles. The number of nitrogens with zero attached hydrogens (tertiary/aromatic N) is 1. The van der Waals surface area contributed by atoms with Crippen LogP contribution in [0.2, 0.25) is 0 Å². The Labute approximate surface area is 166 Å². The number of fused-ring (bicyclic) bond motifs is 1. The van der Waals surface area contributed by atoms with Crippen molar-refractivity contribution in [2.45, 2.75) is 12.0 Å². The lowest BCUT2D eigenvalue weighted by atomic mass is 9.76. The van der Waals surface area contributed by atoms with E-state index in [2.05, 4.69) is 115 Å². The van der Waals surface area contributed by atoms with E-state index in [4.69, 9.17) is 4.99 Å². The molecule has 2 unspecified atom stereocenters. The van der Waals surface area contributed by atoms with E-state index < -0.39 is 0 Å². The molecule has 0 N–H and O–H groups in total. The predicted molar refractivity (Wildman–Crippen MR) is 116 cm³/mol. The van der Waals surface area contributed by atoms with Gasteiger partial charge in [-0.15, -0.1) is 0 Å². The van der Waals surface area contributed by atoms with Crippen LogP contribution in [0.3, 0.4) is 0 Å². The van der Waals surface area contributed by atoms with Gasteiger partial charge in [0.25, 0.3) is 0 Å². The highest BCUT2D eigenvalue weighted by molar-refractivity contribution is 6.14. The molecule has 1 heterocycles. The first-order valence-corrected chi connectivity index (χ1v) is 9.74. The maximum absolute atomic E-state index is 5.34. The van der Waals surface area contributed by atoms with E-state index in [-0.39, 0.29) is 12.0 Å². The van der Waals surface area contributed by atoms with E-state index in [1.165, 1.54) is 27.8 Å². The standard InChI is InChI=1S/C27H21N/c1-4-12-20(13-5-1)25-23-18-10-11-19-24(23)26(21-14-6-2-7-15-21)28-27(25)22-16-8-3-9-17-22/h1-19,25,27H. The average Bonchev–Trinajstić information content (AvgIpc) is 2.80. The molecule has 4 aromatic carbocycles. The van der Waals surface area contributed by atoms with E-state index in [0.29, 0.717) is 0 Å². The minimum Gasteiger partial charge on any atom is -0.275 e. The molecule has 1 nitrogen and oxygen atoms in total. The number of hydrogen-bond acceptors (Lipinski definition) is 1. The lowest BCUT2D eigenvalue weighted by Crippen LogP contribution is -2.22. The van der Waals surface area contributed by atoms with Gasteiger partial charge in [0.1, 0.15) is 0 Å². The first-order valence-electron chi connectivity index (χ1n) is 9.74. The van der Waals surface area contributed by atoms with Crippen molar-refractivity contribution in [1.82, 2.24) is 0 Å². The van der Waals surface area contributed by atoms with Crippen LogP contribution in [0.4, 0.5) is 0 Å². The van der Waals surface area contributed by atoms with Crippen LogP contribution in [0.5, 0.6) is 0 Å². The Morgan fingerprint density at radius 3 is 1.71 bits per heavy atom. The third-order valence-corrected chi connectivity index (χ3v) is 5.48. The topological polar surface area (TPSA) is 12.4 Å². The summed E-state index contributed by atoms with van der Waals surface area (Å²) in [6.07, 6.45) is 0. The number of hydrogen-bond donors (Lipinski definition) is 0. The first-order chi connectivity index (χ1) is 13.9. The Bertz CT molecular complexity index is 1100. The second kappa shape index (κ2) is 7.28. The molecule has 0 aromatic heterocycles. The van der Waals surface area contributed by atoms with Gasteiger partial charge in [-0.05, 0) is 16.7 Å². The van der Waals surface area contributed by atoms with Gasteiger partial charge in [-0.1, -0.05) is 115 Å². The van der Waals surface area contributed by atoms with E-state index in [1.54, 1.807) is 0 Å². The summed E-state index contributed by atoms with van der Waals surface area (Å²) < 4.78 is 0.